The fourth-order valence-electron chi connectivity index (χ4n) is 1.61. The van der Waals surface area contributed by atoms with E-state index in [0.717, 1.165) is 23.8 Å². The van der Waals surface area contributed by atoms with E-state index in [9.17, 15) is 0 Å². The summed E-state index contributed by atoms with van der Waals surface area (Å²) < 4.78 is 0. The van der Waals surface area contributed by atoms with Crippen LogP contribution in [-0.2, 0) is 6.54 Å². The lowest BCUT2D eigenvalue weighted by molar-refractivity contribution is 0.422. The first-order valence-corrected chi connectivity index (χ1v) is 6.16. The second-order valence-electron chi connectivity index (χ2n) is 5.58. The molecule has 2 rings (SSSR count). The fourth-order valence-corrected chi connectivity index (χ4v) is 1.61. The first kappa shape index (κ1) is 12.8. The number of nitrogens with one attached hydrogen (secondary N) is 2. The number of aromatic nitrogens is 3. The summed E-state index contributed by atoms with van der Waals surface area (Å²) in [6.07, 6.45) is 3.67. The molecular weight excluding hydrogens is 224 g/mol. The first-order valence-electron chi connectivity index (χ1n) is 6.16. The van der Waals surface area contributed by atoms with Crippen molar-refractivity contribution in [3.05, 3.63) is 35.8 Å². The molecule has 2 N–H and O–H groups in total. The number of nitrogens with zero attached hydrogens (tertiary/aromatic N) is 2. The second kappa shape index (κ2) is 4.90. The van der Waals surface area contributed by atoms with Crippen molar-refractivity contribution in [2.45, 2.75) is 39.8 Å². The topological polar surface area (TPSA) is 53.6 Å². The monoisotopic (exact) mass is 244 g/mol. The van der Waals surface area contributed by atoms with Crippen molar-refractivity contribution in [3.63, 3.8) is 0 Å². The number of hydrogen-bond donors (Lipinski definition) is 2. The van der Waals surface area contributed by atoms with E-state index in [4.69, 9.17) is 0 Å². The van der Waals surface area contributed by atoms with Gasteiger partial charge in [-0.05, 0) is 45.4 Å². The third-order valence-corrected chi connectivity index (χ3v) is 2.60. The van der Waals surface area contributed by atoms with Crippen molar-refractivity contribution in [2.75, 3.05) is 0 Å². The number of imidazole rings is 1. The van der Waals surface area contributed by atoms with Crippen LogP contribution in [0.3, 0.4) is 0 Å². The Bertz CT molecular complexity index is 523. The van der Waals surface area contributed by atoms with Crippen LogP contribution in [0.2, 0.25) is 0 Å². The summed E-state index contributed by atoms with van der Waals surface area (Å²) in [7, 11) is 0. The SMILES string of the molecule is Cc1ccnc(-c2ncc(CNC(C)(C)C)[nH]2)c1. The molecule has 0 fully saturated rings. The van der Waals surface area contributed by atoms with Crippen LogP contribution in [0.5, 0.6) is 0 Å². The molecule has 0 aromatic carbocycles. The van der Waals surface area contributed by atoms with Crippen molar-refractivity contribution in [3.8, 4) is 11.5 Å². The molecular formula is C14H20N4. The van der Waals surface area contributed by atoms with E-state index >= 15 is 0 Å². The van der Waals surface area contributed by atoms with Gasteiger partial charge in [0.1, 0.15) is 5.69 Å². The number of aryl methyl sites for hydroxylation is 1. The molecule has 18 heavy (non-hydrogen) atoms. The van der Waals surface area contributed by atoms with Crippen molar-refractivity contribution in [1.29, 1.82) is 0 Å². The summed E-state index contributed by atoms with van der Waals surface area (Å²) in [5.74, 6) is 0.824. The van der Waals surface area contributed by atoms with E-state index in [0.29, 0.717) is 0 Å². The number of hydrogen-bond acceptors (Lipinski definition) is 3. The largest absolute Gasteiger partial charge is 0.339 e. The maximum atomic E-state index is 4.37. The maximum absolute atomic E-state index is 4.37. The first-order chi connectivity index (χ1) is 8.44. The summed E-state index contributed by atoms with van der Waals surface area (Å²) in [6, 6.07) is 4.01. The number of rotatable bonds is 3. The van der Waals surface area contributed by atoms with Gasteiger partial charge in [0.25, 0.3) is 0 Å². The number of aromatic amines is 1. The summed E-state index contributed by atoms with van der Waals surface area (Å²) in [5, 5.41) is 3.42. The van der Waals surface area contributed by atoms with Crippen molar-refractivity contribution < 1.29 is 0 Å². The Morgan fingerprint density at radius 3 is 2.72 bits per heavy atom. The van der Waals surface area contributed by atoms with Gasteiger partial charge in [-0.1, -0.05) is 0 Å². The maximum Gasteiger partial charge on any atom is 0.156 e. The molecule has 0 aliphatic rings. The van der Waals surface area contributed by atoms with Crippen LogP contribution >= 0.6 is 0 Å². The quantitative estimate of drug-likeness (QED) is 0.872. The Labute approximate surface area is 108 Å². The molecule has 2 aromatic rings. The summed E-state index contributed by atoms with van der Waals surface area (Å²) in [6.45, 7) is 9.27. The minimum atomic E-state index is 0.104. The van der Waals surface area contributed by atoms with Crippen LogP contribution in [0.15, 0.2) is 24.5 Å². The van der Waals surface area contributed by atoms with Crippen molar-refractivity contribution >= 4 is 0 Å². The Hall–Kier alpha value is -1.68. The molecule has 0 amide bonds. The minimum absolute atomic E-state index is 0.104. The van der Waals surface area contributed by atoms with Gasteiger partial charge in [-0.2, -0.15) is 0 Å². The van der Waals surface area contributed by atoms with Crippen LogP contribution in [0.1, 0.15) is 32.0 Å². The Morgan fingerprint density at radius 1 is 1.28 bits per heavy atom. The fraction of sp³-hybridized carbons (Fsp3) is 0.429. The van der Waals surface area contributed by atoms with Gasteiger partial charge in [-0.25, -0.2) is 4.98 Å². The molecule has 0 aliphatic carbocycles. The van der Waals surface area contributed by atoms with Gasteiger partial charge in [0.2, 0.25) is 0 Å². The zero-order valence-corrected chi connectivity index (χ0v) is 11.4. The third-order valence-electron chi connectivity index (χ3n) is 2.60. The molecule has 0 unspecified atom stereocenters. The molecule has 0 atom stereocenters. The van der Waals surface area contributed by atoms with Gasteiger partial charge >= 0.3 is 0 Å². The number of H-pyrrole nitrogens is 1. The molecule has 0 spiro atoms. The van der Waals surface area contributed by atoms with Gasteiger partial charge in [-0.15, -0.1) is 0 Å². The van der Waals surface area contributed by atoms with Crippen LogP contribution in [0, 0.1) is 6.92 Å². The Morgan fingerprint density at radius 2 is 2.06 bits per heavy atom. The molecule has 96 valence electrons. The van der Waals surface area contributed by atoms with Crippen LogP contribution in [-0.4, -0.2) is 20.5 Å². The zero-order chi connectivity index (χ0) is 13.2. The molecule has 4 nitrogen and oxygen atoms in total. The number of pyridine rings is 1. The smallest absolute Gasteiger partial charge is 0.156 e. The van der Waals surface area contributed by atoms with Gasteiger partial charge in [0.05, 0.1) is 6.20 Å². The van der Waals surface area contributed by atoms with Gasteiger partial charge in [0, 0.05) is 24.0 Å². The standard InChI is InChI=1S/C14H20N4/c1-10-5-6-15-12(7-10)13-16-8-11(18-13)9-17-14(2,3)4/h5-8,17H,9H2,1-4H3,(H,16,18). The molecule has 0 bridgehead atoms. The summed E-state index contributed by atoms with van der Waals surface area (Å²) >= 11 is 0. The summed E-state index contributed by atoms with van der Waals surface area (Å²) in [5.41, 5.74) is 3.25. The highest BCUT2D eigenvalue weighted by atomic mass is 15.0. The predicted octanol–water partition coefficient (Wildman–Crippen LogP) is 2.67. The van der Waals surface area contributed by atoms with Gasteiger partial charge in [-0.3, -0.25) is 4.98 Å². The Balaban J connectivity index is 2.11. The highest BCUT2D eigenvalue weighted by Gasteiger charge is 2.10. The summed E-state index contributed by atoms with van der Waals surface area (Å²) in [4.78, 5) is 12.0. The molecule has 0 aliphatic heterocycles. The van der Waals surface area contributed by atoms with Crippen LogP contribution < -0.4 is 5.32 Å². The molecule has 0 radical (unpaired) electrons. The highest BCUT2D eigenvalue weighted by molar-refractivity contribution is 5.50. The van der Waals surface area contributed by atoms with Gasteiger partial charge in [0.15, 0.2) is 5.82 Å². The second-order valence-corrected chi connectivity index (χ2v) is 5.58. The van der Waals surface area contributed by atoms with E-state index in [-0.39, 0.29) is 5.54 Å². The van der Waals surface area contributed by atoms with E-state index in [1.165, 1.54) is 5.56 Å². The molecule has 0 saturated carbocycles. The lowest BCUT2D eigenvalue weighted by atomic mass is 10.1. The van der Waals surface area contributed by atoms with E-state index in [1.807, 2.05) is 18.3 Å². The van der Waals surface area contributed by atoms with E-state index in [1.54, 1.807) is 6.20 Å². The third kappa shape index (κ3) is 3.40. The van der Waals surface area contributed by atoms with Gasteiger partial charge < -0.3 is 10.3 Å². The van der Waals surface area contributed by atoms with Crippen LogP contribution in [0.25, 0.3) is 11.5 Å². The average molecular weight is 244 g/mol. The van der Waals surface area contributed by atoms with E-state index in [2.05, 4.69) is 48.0 Å². The van der Waals surface area contributed by atoms with Crippen molar-refractivity contribution in [2.24, 2.45) is 0 Å². The lowest BCUT2D eigenvalue weighted by Crippen LogP contribution is -2.35. The average Bonchev–Trinajstić information content (AvgIpc) is 2.74. The van der Waals surface area contributed by atoms with Crippen molar-refractivity contribution in [1.82, 2.24) is 20.3 Å². The molecule has 2 heterocycles. The normalized spacial score (nSPS) is 11.8. The zero-order valence-electron chi connectivity index (χ0n) is 11.4. The Kier molecular flexibility index (Phi) is 3.48. The lowest BCUT2D eigenvalue weighted by Gasteiger charge is -2.19. The van der Waals surface area contributed by atoms with Crippen LogP contribution in [0.4, 0.5) is 0 Å². The van der Waals surface area contributed by atoms with E-state index < -0.39 is 0 Å². The molecule has 4 heteroatoms. The molecule has 0 saturated heterocycles. The highest BCUT2D eigenvalue weighted by Crippen LogP contribution is 2.14. The minimum Gasteiger partial charge on any atom is -0.339 e. The predicted molar refractivity (Wildman–Crippen MR) is 73.1 cm³/mol. The molecule has 2 aromatic heterocycles.